The van der Waals surface area contributed by atoms with Crippen LogP contribution in [0.4, 0.5) is 5.13 Å². The zero-order chi connectivity index (χ0) is 16.0. The molecule has 1 aromatic heterocycles. The van der Waals surface area contributed by atoms with Crippen LogP contribution in [0.1, 0.15) is 12.1 Å². The number of nitrogen functional groups attached to an aromatic ring is 1. The van der Waals surface area contributed by atoms with Crippen LogP contribution in [0.3, 0.4) is 0 Å². The minimum absolute atomic E-state index is 0.0274. The number of aromatic nitrogens is 1. The van der Waals surface area contributed by atoms with E-state index >= 15 is 0 Å². The molecule has 0 saturated carbocycles. The lowest BCUT2D eigenvalue weighted by Crippen LogP contribution is -2.57. The van der Waals surface area contributed by atoms with Gasteiger partial charge in [-0.25, -0.2) is 9.78 Å². The average molecular weight is 340 g/mol. The molecule has 1 amide bonds. The topological polar surface area (TPSA) is 140 Å². The number of aliphatic carboxylic acids is 1. The molecule has 2 atom stereocenters. The van der Waals surface area contributed by atoms with Gasteiger partial charge in [-0.15, -0.1) is 23.1 Å². The molecular formula is C12H12N4O4S2. The summed E-state index contributed by atoms with van der Waals surface area (Å²) in [5.41, 5.74) is 11.5. The van der Waals surface area contributed by atoms with Crippen LogP contribution in [-0.4, -0.2) is 43.3 Å². The van der Waals surface area contributed by atoms with Gasteiger partial charge in [0.25, 0.3) is 0 Å². The summed E-state index contributed by atoms with van der Waals surface area (Å²) in [5.74, 6) is -1.84. The van der Waals surface area contributed by atoms with Crippen LogP contribution in [0.2, 0.25) is 0 Å². The van der Waals surface area contributed by atoms with E-state index in [1.54, 1.807) is 5.38 Å². The standard InChI is InChI=1S/C12H12N4O4S2/c13-8-9(11(19)20)16-6(18)2-7(16)22-10(8)5(17)1-4-3-21-12(14)15-4/h3,7,10H,1-2,13H2,(H2,14,15)(H,19,20). The second kappa shape index (κ2) is 5.29. The monoisotopic (exact) mass is 340 g/mol. The highest BCUT2D eigenvalue weighted by molar-refractivity contribution is 8.01. The third-order valence-corrected chi connectivity index (χ3v) is 5.62. The molecule has 3 rings (SSSR count). The Balaban J connectivity index is 1.87. The lowest BCUT2D eigenvalue weighted by molar-refractivity contribution is -0.146. The summed E-state index contributed by atoms with van der Waals surface area (Å²) in [6.45, 7) is 0. The third kappa shape index (κ3) is 2.33. The zero-order valence-corrected chi connectivity index (χ0v) is 12.8. The first-order valence-electron chi connectivity index (χ1n) is 6.31. The van der Waals surface area contributed by atoms with Gasteiger partial charge < -0.3 is 16.6 Å². The number of nitrogens with zero attached hydrogens (tertiary/aromatic N) is 2. The van der Waals surface area contributed by atoms with Crippen molar-refractivity contribution in [2.45, 2.75) is 23.5 Å². The normalized spacial score (nSPS) is 24.0. The summed E-state index contributed by atoms with van der Waals surface area (Å²) in [7, 11) is 0. The van der Waals surface area contributed by atoms with Gasteiger partial charge in [-0.3, -0.25) is 14.5 Å². The molecule has 22 heavy (non-hydrogen) atoms. The summed E-state index contributed by atoms with van der Waals surface area (Å²) in [6.07, 6.45) is 0.238. The van der Waals surface area contributed by atoms with Crippen molar-refractivity contribution in [3.05, 3.63) is 22.5 Å². The maximum Gasteiger partial charge on any atom is 0.354 e. The Morgan fingerprint density at radius 2 is 2.18 bits per heavy atom. The minimum atomic E-state index is -1.30. The van der Waals surface area contributed by atoms with Crippen LogP contribution < -0.4 is 11.5 Å². The number of anilines is 1. The number of fused-ring (bicyclic) bond motifs is 1. The van der Waals surface area contributed by atoms with Crippen LogP contribution in [0.25, 0.3) is 0 Å². The number of amides is 1. The Morgan fingerprint density at radius 3 is 2.73 bits per heavy atom. The Morgan fingerprint density at radius 1 is 1.45 bits per heavy atom. The molecule has 0 bridgehead atoms. The van der Waals surface area contributed by atoms with E-state index in [9.17, 15) is 19.5 Å². The zero-order valence-electron chi connectivity index (χ0n) is 11.2. The van der Waals surface area contributed by atoms with E-state index in [0.29, 0.717) is 10.8 Å². The number of β-lactam (4-membered cyclic amide) rings is 1. The van der Waals surface area contributed by atoms with E-state index in [2.05, 4.69) is 4.98 Å². The van der Waals surface area contributed by atoms with Gasteiger partial charge in [0.15, 0.2) is 16.6 Å². The molecule has 2 aliphatic heterocycles. The van der Waals surface area contributed by atoms with Crippen molar-refractivity contribution in [3.63, 3.8) is 0 Å². The van der Waals surface area contributed by atoms with Crippen molar-refractivity contribution in [2.24, 2.45) is 5.73 Å². The first kappa shape index (κ1) is 14.9. The number of carboxylic acid groups (broad SMARTS) is 1. The molecule has 0 aliphatic carbocycles. The number of thioether (sulfide) groups is 1. The second-order valence-corrected chi connectivity index (χ2v) is 7.05. The van der Waals surface area contributed by atoms with Crippen molar-refractivity contribution in [1.29, 1.82) is 0 Å². The largest absolute Gasteiger partial charge is 0.477 e. The van der Waals surface area contributed by atoms with Crippen LogP contribution in [0.5, 0.6) is 0 Å². The Bertz CT molecular complexity index is 714. The predicted octanol–water partition coefficient (Wildman–Crippen LogP) is -0.234. The number of thiazole rings is 1. The van der Waals surface area contributed by atoms with E-state index in [4.69, 9.17) is 11.5 Å². The molecule has 1 fully saturated rings. The van der Waals surface area contributed by atoms with Crippen molar-refractivity contribution < 1.29 is 19.5 Å². The lowest BCUT2D eigenvalue weighted by Gasteiger charge is -2.45. The summed E-state index contributed by atoms with van der Waals surface area (Å²) in [6, 6.07) is 0. The maximum absolute atomic E-state index is 12.4. The Labute approximate surface area is 133 Å². The molecule has 8 nitrogen and oxygen atoms in total. The quantitative estimate of drug-likeness (QED) is 0.638. The predicted molar refractivity (Wildman–Crippen MR) is 80.7 cm³/mol. The number of rotatable bonds is 4. The molecule has 0 radical (unpaired) electrons. The van der Waals surface area contributed by atoms with Gasteiger partial charge in [0.1, 0.15) is 5.25 Å². The second-order valence-electron chi connectivity index (χ2n) is 4.87. The van der Waals surface area contributed by atoms with Gasteiger partial charge in [-0.05, 0) is 0 Å². The minimum Gasteiger partial charge on any atom is -0.477 e. The Kier molecular flexibility index (Phi) is 3.57. The molecule has 0 spiro atoms. The van der Waals surface area contributed by atoms with Gasteiger partial charge in [0, 0.05) is 5.38 Å². The average Bonchev–Trinajstić information content (AvgIpc) is 2.83. The number of hydrogen-bond acceptors (Lipinski definition) is 8. The van der Waals surface area contributed by atoms with E-state index in [-0.39, 0.29) is 41.3 Å². The van der Waals surface area contributed by atoms with Crippen molar-refractivity contribution in [3.8, 4) is 0 Å². The van der Waals surface area contributed by atoms with Crippen molar-refractivity contribution in [1.82, 2.24) is 9.88 Å². The highest BCUT2D eigenvalue weighted by atomic mass is 32.2. The number of nitrogens with two attached hydrogens (primary N) is 2. The van der Waals surface area contributed by atoms with Crippen LogP contribution in [0, 0.1) is 0 Å². The molecule has 116 valence electrons. The number of Topliss-reactive ketones (excluding diaryl/α,β-unsaturated/α-hetero) is 1. The van der Waals surface area contributed by atoms with E-state index in [1.165, 1.54) is 23.1 Å². The summed E-state index contributed by atoms with van der Waals surface area (Å²) in [4.78, 5) is 40.5. The van der Waals surface area contributed by atoms with Gasteiger partial charge in [0.2, 0.25) is 5.91 Å². The van der Waals surface area contributed by atoms with Crippen LogP contribution in [0.15, 0.2) is 16.8 Å². The van der Waals surface area contributed by atoms with Crippen molar-refractivity contribution >= 4 is 45.9 Å². The van der Waals surface area contributed by atoms with E-state index in [1.807, 2.05) is 0 Å². The number of hydrogen-bond donors (Lipinski definition) is 3. The smallest absolute Gasteiger partial charge is 0.354 e. The fourth-order valence-corrected chi connectivity index (χ4v) is 4.36. The molecule has 1 aromatic rings. The molecule has 2 unspecified atom stereocenters. The Hall–Kier alpha value is -2.07. The molecular weight excluding hydrogens is 328 g/mol. The van der Waals surface area contributed by atoms with Crippen molar-refractivity contribution in [2.75, 3.05) is 5.73 Å². The fourth-order valence-electron chi connectivity index (χ4n) is 2.41. The lowest BCUT2D eigenvalue weighted by atomic mass is 10.1. The first-order valence-corrected chi connectivity index (χ1v) is 8.13. The number of ketones is 1. The van der Waals surface area contributed by atoms with Crippen LogP contribution >= 0.6 is 23.1 Å². The molecule has 3 heterocycles. The highest BCUT2D eigenvalue weighted by Gasteiger charge is 2.49. The van der Waals surface area contributed by atoms with Gasteiger partial charge >= 0.3 is 5.97 Å². The molecule has 2 aliphatic rings. The maximum atomic E-state index is 12.4. The number of carbonyl (C=O) groups excluding carboxylic acids is 2. The fraction of sp³-hybridized carbons (Fsp3) is 0.333. The van der Waals surface area contributed by atoms with E-state index in [0.717, 1.165) is 4.90 Å². The highest BCUT2D eigenvalue weighted by Crippen LogP contribution is 2.43. The van der Waals surface area contributed by atoms with E-state index < -0.39 is 11.2 Å². The summed E-state index contributed by atoms with van der Waals surface area (Å²) < 4.78 is 0. The third-order valence-electron chi connectivity index (χ3n) is 3.42. The molecule has 1 saturated heterocycles. The van der Waals surface area contributed by atoms with Crippen LogP contribution in [-0.2, 0) is 20.8 Å². The molecule has 0 aromatic carbocycles. The van der Waals surface area contributed by atoms with Gasteiger partial charge in [0.05, 0.1) is 29.6 Å². The summed E-state index contributed by atoms with van der Waals surface area (Å²) >= 11 is 2.43. The van der Waals surface area contributed by atoms with Gasteiger partial charge in [-0.1, -0.05) is 0 Å². The number of carboxylic acids is 1. The first-order chi connectivity index (χ1) is 10.4. The SMILES string of the molecule is NC1=C(C(=O)O)N2C(=O)CC2SC1C(=O)Cc1csc(N)n1. The van der Waals surface area contributed by atoms with Gasteiger partial charge in [-0.2, -0.15) is 0 Å². The summed E-state index contributed by atoms with van der Waals surface area (Å²) in [5, 5.41) is 10.2. The molecule has 5 N–H and O–H groups in total. The molecule has 10 heteroatoms. The number of carbonyl (C=O) groups is 3.